The van der Waals surface area contributed by atoms with E-state index in [1.807, 2.05) is 37.5 Å². The first-order valence-electron chi connectivity index (χ1n) is 4.94. The molecule has 0 amide bonds. The Morgan fingerprint density at radius 3 is 1.78 bits per heavy atom. The SMILES string of the molecule is Cc1ccc(S(=O)(=O)[O-])cc1.[Cl-].c1cc[nH+]cc1. The highest BCUT2D eigenvalue weighted by Gasteiger charge is 1.97. The number of hydrogen-bond donors (Lipinski definition) is 0. The molecular weight excluding hydrogens is 274 g/mol. The van der Waals surface area contributed by atoms with Crippen LogP contribution in [-0.2, 0) is 10.1 Å². The summed E-state index contributed by atoms with van der Waals surface area (Å²) >= 11 is 0. The molecule has 1 N–H and O–H groups in total. The van der Waals surface area contributed by atoms with Crippen molar-refractivity contribution in [3.63, 3.8) is 0 Å². The van der Waals surface area contributed by atoms with E-state index in [1.54, 1.807) is 12.1 Å². The zero-order valence-electron chi connectivity index (χ0n) is 9.71. The van der Waals surface area contributed by atoms with E-state index < -0.39 is 10.1 Å². The molecule has 0 saturated carbocycles. The second-order valence-electron chi connectivity index (χ2n) is 3.34. The molecule has 0 spiro atoms. The summed E-state index contributed by atoms with van der Waals surface area (Å²) in [5.74, 6) is 0. The van der Waals surface area contributed by atoms with Crippen molar-refractivity contribution >= 4 is 10.1 Å². The molecular formula is C12H13ClNO3S-. The molecule has 98 valence electrons. The van der Waals surface area contributed by atoms with E-state index in [9.17, 15) is 13.0 Å². The van der Waals surface area contributed by atoms with E-state index in [4.69, 9.17) is 0 Å². The summed E-state index contributed by atoms with van der Waals surface area (Å²) < 4.78 is 31.2. The molecule has 1 aromatic heterocycles. The summed E-state index contributed by atoms with van der Waals surface area (Å²) in [7, 11) is -4.27. The zero-order valence-corrected chi connectivity index (χ0v) is 11.3. The smallest absolute Gasteiger partial charge is 0.166 e. The molecule has 0 bridgehead atoms. The van der Waals surface area contributed by atoms with E-state index >= 15 is 0 Å². The standard InChI is InChI=1S/C7H8O3S.C5H5N.ClH/c1-6-2-4-7(5-3-6)11(8,9)10;1-2-4-6-5-3-1;/h2-5H,1H3,(H,8,9,10);1-5H;1H/p-1. The third-order valence-electron chi connectivity index (χ3n) is 1.92. The van der Waals surface area contributed by atoms with Crippen molar-refractivity contribution in [3.05, 3.63) is 60.4 Å². The highest BCUT2D eigenvalue weighted by atomic mass is 35.5. The molecule has 0 aliphatic rings. The van der Waals surface area contributed by atoms with Crippen LogP contribution in [0.4, 0.5) is 0 Å². The topological polar surface area (TPSA) is 71.3 Å². The Bertz CT molecular complexity index is 515. The van der Waals surface area contributed by atoms with Crippen molar-refractivity contribution in [1.29, 1.82) is 0 Å². The van der Waals surface area contributed by atoms with Crippen LogP contribution in [0.2, 0.25) is 0 Å². The summed E-state index contributed by atoms with van der Waals surface area (Å²) in [6.45, 7) is 1.82. The average Bonchev–Trinajstić information content (AvgIpc) is 2.31. The fourth-order valence-electron chi connectivity index (χ4n) is 1.05. The van der Waals surface area contributed by atoms with Gasteiger partial charge in [-0.25, -0.2) is 13.4 Å². The lowest BCUT2D eigenvalue weighted by atomic mass is 10.2. The summed E-state index contributed by atoms with van der Waals surface area (Å²) in [6, 6.07) is 11.6. The van der Waals surface area contributed by atoms with Crippen molar-refractivity contribution < 1.29 is 30.4 Å². The molecule has 18 heavy (non-hydrogen) atoms. The zero-order chi connectivity index (χ0) is 12.7. The first-order valence-corrected chi connectivity index (χ1v) is 6.34. The first-order chi connectivity index (χ1) is 8.00. The Morgan fingerprint density at radius 1 is 1.00 bits per heavy atom. The molecule has 0 saturated heterocycles. The van der Waals surface area contributed by atoms with Crippen LogP contribution in [0.25, 0.3) is 0 Å². The molecule has 0 fully saturated rings. The Labute approximate surface area is 113 Å². The number of rotatable bonds is 1. The van der Waals surface area contributed by atoms with Crippen molar-refractivity contribution in [1.82, 2.24) is 0 Å². The molecule has 6 heteroatoms. The van der Waals surface area contributed by atoms with Crippen LogP contribution in [0.15, 0.2) is 59.8 Å². The predicted molar refractivity (Wildman–Crippen MR) is 62.1 cm³/mol. The second-order valence-corrected chi connectivity index (χ2v) is 4.72. The number of pyridine rings is 1. The molecule has 0 aliphatic carbocycles. The number of aromatic amines is 1. The van der Waals surface area contributed by atoms with E-state index in [1.165, 1.54) is 12.1 Å². The van der Waals surface area contributed by atoms with E-state index in [0.29, 0.717) is 0 Å². The Hall–Kier alpha value is -1.43. The quantitative estimate of drug-likeness (QED) is 0.593. The Balaban J connectivity index is 0.000000352. The lowest BCUT2D eigenvalue weighted by Gasteiger charge is -2.05. The van der Waals surface area contributed by atoms with Gasteiger partial charge in [0.15, 0.2) is 12.4 Å². The molecule has 0 aliphatic heterocycles. The van der Waals surface area contributed by atoms with Crippen molar-refractivity contribution in [2.45, 2.75) is 11.8 Å². The monoisotopic (exact) mass is 286 g/mol. The van der Waals surface area contributed by atoms with Crippen LogP contribution in [0.1, 0.15) is 5.56 Å². The fraction of sp³-hybridized carbons (Fsp3) is 0.0833. The maximum atomic E-state index is 10.4. The van der Waals surface area contributed by atoms with E-state index in [-0.39, 0.29) is 17.3 Å². The van der Waals surface area contributed by atoms with Gasteiger partial charge in [-0.2, -0.15) is 0 Å². The molecule has 0 unspecified atom stereocenters. The highest BCUT2D eigenvalue weighted by Crippen LogP contribution is 2.08. The third-order valence-corrected chi connectivity index (χ3v) is 2.77. The molecule has 4 nitrogen and oxygen atoms in total. The number of nitrogens with one attached hydrogen (secondary N) is 1. The Morgan fingerprint density at radius 2 is 1.50 bits per heavy atom. The maximum absolute atomic E-state index is 10.4. The summed E-state index contributed by atoms with van der Waals surface area (Å²) in [5, 5.41) is 0. The van der Waals surface area contributed by atoms with Gasteiger partial charge in [0.2, 0.25) is 0 Å². The summed E-state index contributed by atoms with van der Waals surface area (Å²) in [6.07, 6.45) is 3.75. The summed E-state index contributed by atoms with van der Waals surface area (Å²) in [5.41, 5.74) is 0.928. The van der Waals surface area contributed by atoms with Crippen LogP contribution >= 0.6 is 0 Å². The molecule has 0 atom stereocenters. The molecule has 1 heterocycles. The van der Waals surface area contributed by atoms with Gasteiger partial charge in [-0.15, -0.1) is 0 Å². The second kappa shape index (κ2) is 7.81. The predicted octanol–water partition coefficient (Wildman–Crippen LogP) is -1.60. The van der Waals surface area contributed by atoms with Gasteiger partial charge in [0, 0.05) is 12.1 Å². The normalized spacial score (nSPS) is 9.67. The van der Waals surface area contributed by atoms with Gasteiger partial charge in [-0.1, -0.05) is 23.8 Å². The van der Waals surface area contributed by atoms with Crippen LogP contribution in [0, 0.1) is 6.92 Å². The molecule has 0 radical (unpaired) electrons. The molecule has 2 rings (SSSR count). The van der Waals surface area contributed by atoms with Crippen LogP contribution in [0.3, 0.4) is 0 Å². The highest BCUT2D eigenvalue weighted by molar-refractivity contribution is 7.85. The minimum Gasteiger partial charge on any atom is -1.00 e. The van der Waals surface area contributed by atoms with Crippen molar-refractivity contribution in [2.24, 2.45) is 0 Å². The fourth-order valence-corrected chi connectivity index (χ4v) is 1.52. The number of aryl methyl sites for hydroxylation is 1. The number of halogens is 1. The largest absolute Gasteiger partial charge is 1.00 e. The maximum Gasteiger partial charge on any atom is 0.166 e. The summed E-state index contributed by atoms with van der Waals surface area (Å²) in [4.78, 5) is 2.71. The number of hydrogen-bond acceptors (Lipinski definition) is 3. The Kier molecular flexibility index (Phi) is 7.19. The minimum absolute atomic E-state index is 0. The van der Waals surface area contributed by atoms with Gasteiger partial charge in [0.05, 0.1) is 4.90 Å². The van der Waals surface area contributed by atoms with Gasteiger partial charge >= 0.3 is 0 Å². The average molecular weight is 287 g/mol. The lowest BCUT2D eigenvalue weighted by Crippen LogP contribution is -3.00. The van der Waals surface area contributed by atoms with E-state index in [0.717, 1.165) is 5.56 Å². The molecule has 2 aromatic rings. The van der Waals surface area contributed by atoms with Crippen LogP contribution < -0.4 is 17.4 Å². The van der Waals surface area contributed by atoms with Gasteiger partial charge in [-0.3, -0.25) is 0 Å². The van der Waals surface area contributed by atoms with Gasteiger partial charge < -0.3 is 17.0 Å². The van der Waals surface area contributed by atoms with Crippen molar-refractivity contribution in [3.8, 4) is 0 Å². The van der Waals surface area contributed by atoms with E-state index in [2.05, 4.69) is 4.98 Å². The number of benzene rings is 1. The third kappa shape index (κ3) is 6.34. The minimum atomic E-state index is -4.27. The van der Waals surface area contributed by atoms with Gasteiger partial charge in [0.25, 0.3) is 0 Å². The first kappa shape index (κ1) is 16.6. The van der Waals surface area contributed by atoms with Gasteiger partial charge in [-0.05, 0) is 19.1 Å². The van der Waals surface area contributed by atoms with Crippen LogP contribution in [-0.4, -0.2) is 13.0 Å². The van der Waals surface area contributed by atoms with Crippen molar-refractivity contribution in [2.75, 3.05) is 0 Å². The number of aromatic nitrogens is 1. The lowest BCUT2D eigenvalue weighted by molar-refractivity contribution is -0.377. The molecule has 1 aromatic carbocycles. The van der Waals surface area contributed by atoms with Gasteiger partial charge in [0.1, 0.15) is 10.1 Å². The number of H-pyrrole nitrogens is 1. The van der Waals surface area contributed by atoms with Crippen LogP contribution in [0.5, 0.6) is 0 Å².